The van der Waals surface area contributed by atoms with Crippen molar-refractivity contribution in [3.8, 4) is 11.5 Å². The van der Waals surface area contributed by atoms with Gasteiger partial charge in [-0.3, -0.25) is 9.59 Å². The van der Waals surface area contributed by atoms with Crippen molar-refractivity contribution in [2.45, 2.75) is 19.5 Å². The molecule has 8 heteroatoms. The highest BCUT2D eigenvalue weighted by Crippen LogP contribution is 2.30. The fraction of sp³-hybridized carbons (Fsp3) is 0.412. The Kier molecular flexibility index (Phi) is 6.32. The minimum atomic E-state index is -2.96. The second-order valence-corrected chi connectivity index (χ2v) is 5.58. The molecule has 6 nitrogen and oxygen atoms in total. The van der Waals surface area contributed by atoms with Gasteiger partial charge in [0.2, 0.25) is 5.91 Å². The number of carboxylic acids is 1. The number of benzene rings is 1. The van der Waals surface area contributed by atoms with Crippen LogP contribution in [0.1, 0.15) is 18.4 Å². The average Bonchev–Trinajstić information content (AvgIpc) is 2.60. The van der Waals surface area contributed by atoms with Crippen LogP contribution >= 0.6 is 0 Å². The number of carbonyl (C=O) groups excluding carboxylic acids is 1. The lowest BCUT2D eigenvalue weighted by Gasteiger charge is -2.29. The van der Waals surface area contributed by atoms with Gasteiger partial charge < -0.3 is 19.5 Å². The van der Waals surface area contributed by atoms with E-state index in [1.807, 2.05) is 0 Å². The van der Waals surface area contributed by atoms with Gasteiger partial charge in [-0.15, -0.1) is 0 Å². The largest absolute Gasteiger partial charge is 0.493 e. The molecule has 0 aromatic heterocycles. The number of alkyl halides is 2. The summed E-state index contributed by atoms with van der Waals surface area (Å²) in [5.74, 6) is -1.71. The maximum absolute atomic E-state index is 12.3. The van der Waals surface area contributed by atoms with E-state index in [4.69, 9.17) is 9.84 Å². The van der Waals surface area contributed by atoms with Crippen LogP contribution in [0.3, 0.4) is 0 Å². The minimum Gasteiger partial charge on any atom is -0.493 e. The van der Waals surface area contributed by atoms with Gasteiger partial charge in [-0.25, -0.2) is 0 Å². The molecular weight excluding hydrogens is 336 g/mol. The van der Waals surface area contributed by atoms with Crippen LogP contribution in [0.15, 0.2) is 24.3 Å². The molecule has 136 valence electrons. The van der Waals surface area contributed by atoms with Crippen LogP contribution in [0.2, 0.25) is 0 Å². The van der Waals surface area contributed by atoms with Gasteiger partial charge in [-0.2, -0.15) is 8.78 Å². The fourth-order valence-corrected chi connectivity index (χ4v) is 2.63. The van der Waals surface area contributed by atoms with Crippen molar-refractivity contribution in [2.24, 2.45) is 5.92 Å². The van der Waals surface area contributed by atoms with E-state index in [1.54, 1.807) is 0 Å². The number of halogens is 2. The number of piperidine rings is 1. The smallest absolute Gasteiger partial charge is 0.387 e. The van der Waals surface area contributed by atoms with Crippen LogP contribution < -0.4 is 9.47 Å². The van der Waals surface area contributed by atoms with Crippen LogP contribution in [-0.4, -0.2) is 48.7 Å². The number of methoxy groups -OCH3 is 1. The monoisotopic (exact) mass is 355 g/mol. The highest BCUT2D eigenvalue weighted by Gasteiger charge is 2.27. The van der Waals surface area contributed by atoms with Crippen LogP contribution in [0.25, 0.3) is 6.08 Å². The Balaban J connectivity index is 2.05. The van der Waals surface area contributed by atoms with Crippen LogP contribution in [0.5, 0.6) is 11.5 Å². The molecule has 25 heavy (non-hydrogen) atoms. The van der Waals surface area contributed by atoms with Crippen molar-refractivity contribution in [3.63, 3.8) is 0 Å². The van der Waals surface area contributed by atoms with E-state index in [2.05, 4.69) is 4.74 Å². The molecule has 1 heterocycles. The van der Waals surface area contributed by atoms with Gasteiger partial charge in [0.25, 0.3) is 0 Å². The molecule has 0 aliphatic carbocycles. The zero-order valence-corrected chi connectivity index (χ0v) is 13.7. The molecule has 1 amide bonds. The Bertz CT molecular complexity index is 662. The molecular formula is C17H19F2NO5. The lowest BCUT2D eigenvalue weighted by atomic mass is 9.98. The summed E-state index contributed by atoms with van der Waals surface area (Å²) in [6.07, 6.45) is 4.05. The number of aliphatic carboxylic acids is 1. The molecule has 0 radical (unpaired) electrons. The molecule has 0 unspecified atom stereocenters. The molecule has 1 atom stereocenters. The fourth-order valence-electron chi connectivity index (χ4n) is 2.63. The Morgan fingerprint density at radius 2 is 2.12 bits per heavy atom. The van der Waals surface area contributed by atoms with Gasteiger partial charge in [-0.05, 0) is 36.6 Å². The minimum absolute atomic E-state index is 0.0960. The number of hydrogen-bond donors (Lipinski definition) is 1. The number of hydrogen-bond acceptors (Lipinski definition) is 4. The van der Waals surface area contributed by atoms with Gasteiger partial charge in [-0.1, -0.05) is 6.07 Å². The van der Waals surface area contributed by atoms with Gasteiger partial charge >= 0.3 is 12.6 Å². The van der Waals surface area contributed by atoms with E-state index >= 15 is 0 Å². The number of ether oxygens (including phenoxy) is 2. The summed E-state index contributed by atoms with van der Waals surface area (Å²) >= 11 is 0. The van der Waals surface area contributed by atoms with Crippen molar-refractivity contribution < 1.29 is 33.0 Å². The van der Waals surface area contributed by atoms with Crippen molar-refractivity contribution in [2.75, 3.05) is 20.2 Å². The molecule has 1 aromatic rings. The number of amides is 1. The third-order valence-electron chi connectivity index (χ3n) is 3.90. The Morgan fingerprint density at radius 3 is 2.76 bits per heavy atom. The molecule has 0 spiro atoms. The molecule has 0 bridgehead atoms. The van der Waals surface area contributed by atoms with Gasteiger partial charge in [0.1, 0.15) is 0 Å². The Hall–Kier alpha value is -2.64. The molecule has 1 saturated heterocycles. The van der Waals surface area contributed by atoms with Crippen LogP contribution in [-0.2, 0) is 9.59 Å². The summed E-state index contributed by atoms with van der Waals surface area (Å²) in [5.41, 5.74) is 0.568. The molecule has 1 aromatic carbocycles. The SMILES string of the molecule is COc1cc(/C=C/C(=O)N2CCC[C@@H](C(=O)O)C2)ccc1OC(F)F. The summed E-state index contributed by atoms with van der Waals surface area (Å²) in [5, 5.41) is 9.06. The van der Waals surface area contributed by atoms with Crippen molar-refractivity contribution in [1.82, 2.24) is 4.90 Å². The summed E-state index contributed by atoms with van der Waals surface area (Å²) in [4.78, 5) is 24.7. The third-order valence-corrected chi connectivity index (χ3v) is 3.90. The molecule has 1 fully saturated rings. The summed E-state index contributed by atoms with van der Waals surface area (Å²) in [6, 6.07) is 4.31. The number of nitrogens with zero attached hydrogens (tertiary/aromatic N) is 1. The zero-order chi connectivity index (χ0) is 18.4. The normalized spacial score (nSPS) is 17.8. The van der Waals surface area contributed by atoms with Gasteiger partial charge in [0.15, 0.2) is 11.5 Å². The van der Waals surface area contributed by atoms with Gasteiger partial charge in [0.05, 0.1) is 13.0 Å². The first-order valence-electron chi connectivity index (χ1n) is 7.73. The maximum Gasteiger partial charge on any atom is 0.387 e. The predicted octanol–water partition coefficient (Wildman–Crippen LogP) is 2.63. The lowest BCUT2D eigenvalue weighted by molar-refractivity contribution is -0.144. The summed E-state index contributed by atoms with van der Waals surface area (Å²) in [6.45, 7) is -2.27. The van der Waals surface area contributed by atoms with E-state index in [-0.39, 0.29) is 24.0 Å². The number of carboxylic acid groups (broad SMARTS) is 1. The van der Waals surface area contributed by atoms with Crippen molar-refractivity contribution >= 4 is 18.0 Å². The molecule has 1 N–H and O–H groups in total. The first-order chi connectivity index (χ1) is 11.9. The second kappa shape index (κ2) is 8.46. The quantitative estimate of drug-likeness (QED) is 0.794. The number of carbonyl (C=O) groups is 2. The first-order valence-corrected chi connectivity index (χ1v) is 7.73. The van der Waals surface area contributed by atoms with E-state index < -0.39 is 18.5 Å². The van der Waals surface area contributed by atoms with Gasteiger partial charge in [0, 0.05) is 19.2 Å². The third kappa shape index (κ3) is 5.17. The highest BCUT2D eigenvalue weighted by molar-refractivity contribution is 5.92. The molecule has 0 saturated carbocycles. The molecule has 2 rings (SSSR count). The highest BCUT2D eigenvalue weighted by atomic mass is 19.3. The molecule has 1 aliphatic rings. The van der Waals surface area contributed by atoms with Crippen molar-refractivity contribution in [3.05, 3.63) is 29.8 Å². The van der Waals surface area contributed by atoms with E-state index in [9.17, 15) is 18.4 Å². The zero-order valence-electron chi connectivity index (χ0n) is 13.7. The van der Waals surface area contributed by atoms with E-state index in [0.29, 0.717) is 24.9 Å². The van der Waals surface area contributed by atoms with E-state index in [0.717, 1.165) is 0 Å². The lowest BCUT2D eigenvalue weighted by Crippen LogP contribution is -2.41. The Labute approximate surface area is 143 Å². The first kappa shape index (κ1) is 18.7. The Morgan fingerprint density at radius 1 is 1.36 bits per heavy atom. The maximum atomic E-state index is 12.3. The molecule has 1 aliphatic heterocycles. The standard InChI is InChI=1S/C17H19F2NO5/c1-24-14-9-11(4-6-13(14)25-17(18)19)5-7-15(21)20-8-2-3-12(10-20)16(22)23/h4-7,9,12,17H,2-3,8,10H2,1H3,(H,22,23)/b7-5+/t12-/m1/s1. The summed E-state index contributed by atoms with van der Waals surface area (Å²) in [7, 11) is 1.33. The topological polar surface area (TPSA) is 76.1 Å². The number of likely N-dealkylation sites (tertiary alicyclic amines) is 1. The summed E-state index contributed by atoms with van der Waals surface area (Å²) < 4.78 is 33.9. The van der Waals surface area contributed by atoms with Crippen molar-refractivity contribution in [1.29, 1.82) is 0 Å². The average molecular weight is 355 g/mol. The van der Waals surface area contributed by atoms with Crippen LogP contribution in [0.4, 0.5) is 8.78 Å². The van der Waals surface area contributed by atoms with Crippen LogP contribution in [0, 0.1) is 5.92 Å². The van der Waals surface area contributed by atoms with E-state index in [1.165, 1.54) is 42.4 Å². The predicted molar refractivity (Wildman–Crippen MR) is 85.6 cm³/mol. The number of rotatable bonds is 6. The second-order valence-electron chi connectivity index (χ2n) is 5.58.